The smallest absolute Gasteiger partial charge is 0.274 e. The number of carbonyl (C=O) groups excluding carboxylic acids is 1. The molecule has 1 amide bonds. The molecule has 0 unspecified atom stereocenters. The maximum Gasteiger partial charge on any atom is 0.274 e. The lowest BCUT2D eigenvalue weighted by Gasteiger charge is -2.33. The first kappa shape index (κ1) is 20.9. The third kappa shape index (κ3) is 4.41. The third-order valence-electron chi connectivity index (χ3n) is 5.20. The van der Waals surface area contributed by atoms with E-state index in [0.717, 1.165) is 11.1 Å². The fourth-order valence-electron chi connectivity index (χ4n) is 3.51. The zero-order chi connectivity index (χ0) is 22.0. The SMILES string of the molecule is CCn1ccc(C(=O)N2CCO[C@@H](c3nc(N(C)C)ncc3-c3ccc(F)cc3)C2)n1. The molecule has 3 heterocycles. The lowest BCUT2D eigenvalue weighted by atomic mass is 10.0. The van der Waals surface area contributed by atoms with Gasteiger partial charge >= 0.3 is 0 Å². The first-order valence-corrected chi connectivity index (χ1v) is 10.2. The highest BCUT2D eigenvalue weighted by molar-refractivity contribution is 5.92. The van der Waals surface area contributed by atoms with Crippen molar-refractivity contribution >= 4 is 11.9 Å². The number of hydrogen-bond donors (Lipinski definition) is 0. The van der Waals surface area contributed by atoms with Crippen LogP contribution in [0.2, 0.25) is 0 Å². The predicted octanol–water partition coefficient (Wildman–Crippen LogP) is 2.78. The molecule has 1 saturated heterocycles. The molecule has 1 aliphatic rings. The number of morpholine rings is 1. The fraction of sp³-hybridized carbons (Fsp3) is 0.364. The van der Waals surface area contributed by atoms with Crippen LogP contribution in [0, 0.1) is 5.82 Å². The minimum atomic E-state index is -0.437. The lowest BCUT2D eigenvalue weighted by Crippen LogP contribution is -2.42. The van der Waals surface area contributed by atoms with Crippen LogP contribution in [0.5, 0.6) is 0 Å². The number of aromatic nitrogens is 4. The molecule has 0 aliphatic carbocycles. The molecule has 3 aromatic rings. The van der Waals surface area contributed by atoms with Crippen LogP contribution in [0.1, 0.15) is 29.2 Å². The summed E-state index contributed by atoms with van der Waals surface area (Å²) in [4.78, 5) is 25.7. The summed E-state index contributed by atoms with van der Waals surface area (Å²) in [5.41, 5.74) is 2.62. The van der Waals surface area contributed by atoms with Crippen molar-refractivity contribution in [3.05, 3.63) is 59.9 Å². The standard InChI is InChI=1S/C22H25FN6O2/c1-4-29-10-9-18(26-29)21(30)28-11-12-31-19(14-28)20-17(13-24-22(25-20)27(2)3)15-5-7-16(23)8-6-15/h5-10,13,19H,4,11-12,14H2,1-3H3/t19-/m1/s1. The first-order chi connectivity index (χ1) is 15.0. The molecular formula is C22H25FN6O2. The minimum Gasteiger partial charge on any atom is -0.368 e. The zero-order valence-corrected chi connectivity index (χ0v) is 17.8. The van der Waals surface area contributed by atoms with Crippen LogP contribution in [0.15, 0.2) is 42.7 Å². The van der Waals surface area contributed by atoms with E-state index in [1.54, 1.807) is 45.1 Å². The third-order valence-corrected chi connectivity index (χ3v) is 5.20. The number of benzene rings is 1. The summed E-state index contributed by atoms with van der Waals surface area (Å²) in [5.74, 6) is 0.0913. The summed E-state index contributed by atoms with van der Waals surface area (Å²) >= 11 is 0. The Bertz CT molecular complexity index is 1070. The quantitative estimate of drug-likeness (QED) is 0.627. The maximum atomic E-state index is 13.4. The van der Waals surface area contributed by atoms with E-state index >= 15 is 0 Å². The summed E-state index contributed by atoms with van der Waals surface area (Å²) in [6.45, 7) is 3.88. The van der Waals surface area contributed by atoms with Crippen LogP contribution >= 0.6 is 0 Å². The van der Waals surface area contributed by atoms with Crippen LogP contribution in [0.4, 0.5) is 10.3 Å². The van der Waals surface area contributed by atoms with Gasteiger partial charge in [0.2, 0.25) is 5.95 Å². The summed E-state index contributed by atoms with van der Waals surface area (Å²) < 4.78 is 21.2. The second-order valence-corrected chi connectivity index (χ2v) is 7.54. The fourth-order valence-corrected chi connectivity index (χ4v) is 3.51. The van der Waals surface area contributed by atoms with Gasteiger partial charge in [0.1, 0.15) is 17.6 Å². The molecule has 8 nitrogen and oxygen atoms in total. The van der Waals surface area contributed by atoms with Gasteiger partial charge in [-0.2, -0.15) is 5.10 Å². The molecular weight excluding hydrogens is 399 g/mol. The maximum absolute atomic E-state index is 13.4. The largest absolute Gasteiger partial charge is 0.368 e. The highest BCUT2D eigenvalue weighted by Gasteiger charge is 2.30. The van der Waals surface area contributed by atoms with E-state index in [2.05, 4.69) is 10.1 Å². The van der Waals surface area contributed by atoms with Gasteiger partial charge in [0, 0.05) is 45.1 Å². The van der Waals surface area contributed by atoms with Gasteiger partial charge in [-0.3, -0.25) is 9.48 Å². The summed E-state index contributed by atoms with van der Waals surface area (Å²) in [6, 6.07) is 7.92. The molecule has 0 spiro atoms. The van der Waals surface area contributed by atoms with Crippen LogP contribution < -0.4 is 4.90 Å². The monoisotopic (exact) mass is 424 g/mol. The second kappa shape index (κ2) is 8.81. The van der Waals surface area contributed by atoms with E-state index in [-0.39, 0.29) is 11.7 Å². The summed E-state index contributed by atoms with van der Waals surface area (Å²) in [6.07, 6.45) is 3.08. The van der Waals surface area contributed by atoms with E-state index in [0.29, 0.717) is 43.6 Å². The Morgan fingerprint density at radius 1 is 1.26 bits per heavy atom. The van der Waals surface area contributed by atoms with Crippen molar-refractivity contribution in [2.75, 3.05) is 38.7 Å². The van der Waals surface area contributed by atoms with Crippen molar-refractivity contribution in [2.45, 2.75) is 19.6 Å². The highest BCUT2D eigenvalue weighted by atomic mass is 19.1. The van der Waals surface area contributed by atoms with E-state index in [1.165, 1.54) is 12.1 Å². The van der Waals surface area contributed by atoms with Gasteiger partial charge in [-0.15, -0.1) is 0 Å². The minimum absolute atomic E-state index is 0.134. The number of rotatable bonds is 5. The van der Waals surface area contributed by atoms with Gasteiger partial charge < -0.3 is 14.5 Å². The normalized spacial score (nSPS) is 16.4. The Morgan fingerprint density at radius 2 is 2.03 bits per heavy atom. The molecule has 0 radical (unpaired) electrons. The number of amides is 1. The average Bonchev–Trinajstić information content (AvgIpc) is 3.28. The molecule has 0 saturated carbocycles. The van der Waals surface area contributed by atoms with Crippen molar-refractivity contribution in [1.82, 2.24) is 24.6 Å². The molecule has 9 heteroatoms. The number of hydrogen-bond acceptors (Lipinski definition) is 6. The number of halogens is 1. The van der Waals surface area contributed by atoms with Crippen molar-refractivity contribution in [3.63, 3.8) is 0 Å². The Hall–Kier alpha value is -3.33. The Balaban J connectivity index is 1.66. The molecule has 162 valence electrons. The Morgan fingerprint density at radius 3 is 2.71 bits per heavy atom. The number of aryl methyl sites for hydroxylation is 1. The zero-order valence-electron chi connectivity index (χ0n) is 17.8. The van der Waals surface area contributed by atoms with Crippen LogP contribution in [0.25, 0.3) is 11.1 Å². The number of ether oxygens (including phenoxy) is 1. The molecule has 0 N–H and O–H groups in total. The van der Waals surface area contributed by atoms with Gasteiger partial charge in [0.05, 0.1) is 18.8 Å². The first-order valence-electron chi connectivity index (χ1n) is 10.2. The Labute approximate surface area is 180 Å². The van der Waals surface area contributed by atoms with Crippen LogP contribution in [-0.2, 0) is 11.3 Å². The summed E-state index contributed by atoms with van der Waals surface area (Å²) in [5, 5.41) is 4.33. The Kier molecular flexibility index (Phi) is 5.94. The molecule has 1 fully saturated rings. The highest BCUT2D eigenvalue weighted by Crippen LogP contribution is 2.32. The summed E-state index contributed by atoms with van der Waals surface area (Å²) in [7, 11) is 3.72. The molecule has 1 aliphatic heterocycles. The molecule has 0 bridgehead atoms. The predicted molar refractivity (Wildman–Crippen MR) is 114 cm³/mol. The molecule has 31 heavy (non-hydrogen) atoms. The molecule has 2 aromatic heterocycles. The van der Waals surface area contributed by atoms with E-state index in [4.69, 9.17) is 9.72 Å². The van der Waals surface area contributed by atoms with Gasteiger partial charge in [-0.25, -0.2) is 14.4 Å². The number of anilines is 1. The van der Waals surface area contributed by atoms with Crippen molar-refractivity contribution in [3.8, 4) is 11.1 Å². The van der Waals surface area contributed by atoms with Gasteiger partial charge in [0.25, 0.3) is 5.91 Å². The van der Waals surface area contributed by atoms with E-state index in [9.17, 15) is 9.18 Å². The molecule has 1 aromatic carbocycles. The van der Waals surface area contributed by atoms with E-state index < -0.39 is 6.10 Å². The topological polar surface area (TPSA) is 76.4 Å². The van der Waals surface area contributed by atoms with Crippen molar-refractivity contribution < 1.29 is 13.9 Å². The van der Waals surface area contributed by atoms with Crippen molar-refractivity contribution in [2.24, 2.45) is 0 Å². The average molecular weight is 424 g/mol. The van der Waals surface area contributed by atoms with Gasteiger partial charge in [0.15, 0.2) is 0 Å². The van der Waals surface area contributed by atoms with E-state index in [1.807, 2.05) is 21.0 Å². The van der Waals surface area contributed by atoms with Crippen molar-refractivity contribution in [1.29, 1.82) is 0 Å². The van der Waals surface area contributed by atoms with Gasteiger partial charge in [-0.1, -0.05) is 12.1 Å². The molecule has 1 atom stereocenters. The number of nitrogens with zero attached hydrogens (tertiary/aromatic N) is 6. The lowest BCUT2D eigenvalue weighted by molar-refractivity contribution is -0.0246. The van der Waals surface area contributed by atoms with Crippen LogP contribution in [0.3, 0.4) is 0 Å². The number of carbonyl (C=O) groups is 1. The van der Waals surface area contributed by atoms with Crippen LogP contribution in [-0.4, -0.2) is 64.3 Å². The second-order valence-electron chi connectivity index (χ2n) is 7.54. The molecule has 4 rings (SSSR count). The van der Waals surface area contributed by atoms with Gasteiger partial charge in [-0.05, 0) is 30.7 Å².